The van der Waals surface area contributed by atoms with Gasteiger partial charge in [0.05, 0.1) is 19.1 Å². The Hall–Kier alpha value is -3.26. The number of thioether (sulfide) groups is 1. The van der Waals surface area contributed by atoms with Crippen LogP contribution < -0.4 is 15.1 Å². The van der Waals surface area contributed by atoms with Gasteiger partial charge in [-0.05, 0) is 45.0 Å². The molecule has 0 saturated heterocycles. The first kappa shape index (κ1) is 23.4. The van der Waals surface area contributed by atoms with Gasteiger partial charge in [0.15, 0.2) is 0 Å². The van der Waals surface area contributed by atoms with E-state index in [0.29, 0.717) is 11.3 Å². The van der Waals surface area contributed by atoms with Crippen LogP contribution in [-0.4, -0.2) is 48.2 Å². The number of phenolic OH excluding ortho intramolecular Hbond substituents is 1. The highest BCUT2D eigenvalue weighted by Crippen LogP contribution is 2.32. The molecule has 2 N–H and O–H groups in total. The molecule has 0 spiro atoms. The van der Waals surface area contributed by atoms with Crippen LogP contribution in [0.5, 0.6) is 11.5 Å². The van der Waals surface area contributed by atoms with E-state index in [1.807, 2.05) is 37.3 Å². The smallest absolute Gasteiger partial charge is 0.250 e. The number of benzene rings is 2. The largest absolute Gasteiger partial charge is 0.507 e. The van der Waals surface area contributed by atoms with Gasteiger partial charge < -0.3 is 14.7 Å². The van der Waals surface area contributed by atoms with Gasteiger partial charge in [-0.2, -0.15) is 5.10 Å². The molecule has 1 heterocycles. The van der Waals surface area contributed by atoms with Crippen molar-refractivity contribution in [2.75, 3.05) is 30.9 Å². The van der Waals surface area contributed by atoms with Gasteiger partial charge in [-0.25, -0.2) is 10.4 Å². The summed E-state index contributed by atoms with van der Waals surface area (Å²) in [5.74, 6) is 0.777. The molecule has 3 rings (SSSR count). The van der Waals surface area contributed by atoms with E-state index < -0.39 is 0 Å². The van der Waals surface area contributed by atoms with Crippen LogP contribution >= 0.6 is 11.8 Å². The van der Waals surface area contributed by atoms with Gasteiger partial charge in [-0.3, -0.25) is 4.79 Å². The van der Waals surface area contributed by atoms with Gasteiger partial charge in [0.25, 0.3) is 0 Å². The van der Waals surface area contributed by atoms with E-state index in [-0.39, 0.29) is 17.4 Å². The Morgan fingerprint density at radius 2 is 2.03 bits per heavy atom. The average molecular weight is 453 g/mol. The number of aryl methyl sites for hydroxylation is 1. The molecule has 168 valence electrons. The molecule has 0 aliphatic heterocycles. The van der Waals surface area contributed by atoms with Crippen molar-refractivity contribution in [2.24, 2.45) is 5.10 Å². The maximum atomic E-state index is 12.3. The topological polar surface area (TPSA) is 87.1 Å². The molecule has 3 aromatic rings. The quantitative estimate of drug-likeness (QED) is 0.285. The molecule has 8 heteroatoms. The van der Waals surface area contributed by atoms with Crippen LogP contribution in [0.4, 0.5) is 5.69 Å². The standard InChI is InChI=1S/C24H28N4O3S/c1-5-28(6-2)18-11-10-17(20(29)13-18)14-25-27-23(30)15-32-22-12-16(3)26-24-19(22)8-7-9-21(24)31-4/h7-14,29H,5-6,15H2,1-4H3,(H,27,30)/b25-14-. The number of amides is 1. The number of anilines is 1. The van der Waals surface area contributed by atoms with Gasteiger partial charge in [0.2, 0.25) is 5.91 Å². The number of carbonyl (C=O) groups excluding carboxylic acids is 1. The fourth-order valence-electron chi connectivity index (χ4n) is 3.37. The highest BCUT2D eigenvalue weighted by Gasteiger charge is 2.11. The first-order valence-electron chi connectivity index (χ1n) is 10.4. The fraction of sp³-hybridized carbons (Fsp3) is 0.292. The van der Waals surface area contributed by atoms with E-state index >= 15 is 0 Å². The first-order valence-corrected chi connectivity index (χ1v) is 11.4. The summed E-state index contributed by atoms with van der Waals surface area (Å²) in [6.07, 6.45) is 1.45. The molecular formula is C24H28N4O3S. The third kappa shape index (κ3) is 5.50. The number of fused-ring (bicyclic) bond motifs is 1. The molecule has 2 aromatic carbocycles. The van der Waals surface area contributed by atoms with Crippen molar-refractivity contribution in [2.45, 2.75) is 25.7 Å². The fourth-order valence-corrected chi connectivity index (χ4v) is 4.30. The van der Waals surface area contributed by atoms with Crippen LogP contribution in [-0.2, 0) is 4.79 Å². The molecule has 0 saturated carbocycles. The number of methoxy groups -OCH3 is 1. The number of nitrogens with zero attached hydrogens (tertiary/aromatic N) is 3. The van der Waals surface area contributed by atoms with Crippen LogP contribution in [0.1, 0.15) is 25.1 Å². The van der Waals surface area contributed by atoms with Crippen LogP contribution in [0.3, 0.4) is 0 Å². The number of hydrogen-bond donors (Lipinski definition) is 2. The number of ether oxygens (including phenoxy) is 1. The number of nitrogens with one attached hydrogen (secondary N) is 1. The van der Waals surface area contributed by atoms with Crippen molar-refractivity contribution >= 4 is 40.5 Å². The second-order valence-electron chi connectivity index (χ2n) is 7.12. The molecule has 0 aliphatic rings. The average Bonchev–Trinajstić information content (AvgIpc) is 2.79. The number of para-hydroxylation sites is 1. The van der Waals surface area contributed by atoms with Crippen LogP contribution in [0.25, 0.3) is 10.9 Å². The molecule has 32 heavy (non-hydrogen) atoms. The highest BCUT2D eigenvalue weighted by molar-refractivity contribution is 8.00. The number of hydrogen-bond acceptors (Lipinski definition) is 7. The Morgan fingerprint density at radius 1 is 1.25 bits per heavy atom. The van der Waals surface area contributed by atoms with Crippen molar-refractivity contribution in [3.05, 3.63) is 53.7 Å². The third-order valence-electron chi connectivity index (χ3n) is 5.01. The summed E-state index contributed by atoms with van der Waals surface area (Å²) in [6.45, 7) is 7.76. The van der Waals surface area contributed by atoms with Crippen molar-refractivity contribution in [1.82, 2.24) is 10.4 Å². The maximum absolute atomic E-state index is 12.3. The number of rotatable bonds is 9. The summed E-state index contributed by atoms with van der Waals surface area (Å²) in [5, 5.41) is 15.2. The lowest BCUT2D eigenvalue weighted by Crippen LogP contribution is -2.21. The Bertz CT molecular complexity index is 1130. The molecule has 1 amide bonds. The zero-order valence-electron chi connectivity index (χ0n) is 18.8. The van der Waals surface area contributed by atoms with E-state index in [9.17, 15) is 9.90 Å². The summed E-state index contributed by atoms with van der Waals surface area (Å²) < 4.78 is 5.41. The normalized spacial score (nSPS) is 11.1. The third-order valence-corrected chi connectivity index (χ3v) is 6.06. The number of hydrazone groups is 1. The molecule has 1 aromatic heterocycles. The molecule has 0 fully saturated rings. The predicted molar refractivity (Wildman–Crippen MR) is 131 cm³/mol. The summed E-state index contributed by atoms with van der Waals surface area (Å²) in [7, 11) is 1.62. The van der Waals surface area contributed by atoms with Gasteiger partial charge in [-0.15, -0.1) is 11.8 Å². The number of carbonyl (C=O) groups is 1. The SMILES string of the molecule is CCN(CC)c1ccc(/C=N\NC(=O)CSc2cc(C)nc3c(OC)cccc23)c(O)c1. The van der Waals surface area contributed by atoms with E-state index in [2.05, 4.69) is 34.3 Å². The number of aromatic nitrogens is 1. The predicted octanol–water partition coefficient (Wildman–Crippen LogP) is 4.35. The number of phenols is 1. The molecule has 0 aliphatic carbocycles. The van der Waals surface area contributed by atoms with Crippen molar-refractivity contribution in [3.63, 3.8) is 0 Å². The van der Waals surface area contributed by atoms with E-state index in [1.165, 1.54) is 18.0 Å². The molecule has 0 bridgehead atoms. The highest BCUT2D eigenvalue weighted by atomic mass is 32.2. The minimum Gasteiger partial charge on any atom is -0.507 e. The van der Waals surface area contributed by atoms with Crippen molar-refractivity contribution in [3.8, 4) is 11.5 Å². The lowest BCUT2D eigenvalue weighted by molar-refractivity contribution is -0.118. The molecule has 0 unspecified atom stereocenters. The van der Waals surface area contributed by atoms with Crippen LogP contribution in [0, 0.1) is 6.92 Å². The van der Waals surface area contributed by atoms with Crippen molar-refractivity contribution < 1.29 is 14.6 Å². The monoisotopic (exact) mass is 452 g/mol. The molecule has 7 nitrogen and oxygen atoms in total. The maximum Gasteiger partial charge on any atom is 0.250 e. The Morgan fingerprint density at radius 3 is 2.72 bits per heavy atom. The summed E-state index contributed by atoms with van der Waals surface area (Å²) in [5.41, 5.74) is 5.64. The lowest BCUT2D eigenvalue weighted by atomic mass is 10.2. The zero-order chi connectivity index (χ0) is 23.1. The van der Waals surface area contributed by atoms with E-state index in [4.69, 9.17) is 4.74 Å². The Labute approximate surface area is 192 Å². The molecule has 0 atom stereocenters. The Kier molecular flexibility index (Phi) is 7.94. The summed E-state index contributed by atoms with van der Waals surface area (Å²) in [4.78, 5) is 20.0. The number of aromatic hydroxyl groups is 1. The Balaban J connectivity index is 1.63. The van der Waals surface area contributed by atoms with Gasteiger partial charge in [-0.1, -0.05) is 12.1 Å². The minimum absolute atomic E-state index is 0.120. The van der Waals surface area contributed by atoms with Gasteiger partial charge in [0.1, 0.15) is 17.0 Å². The van der Waals surface area contributed by atoms with Crippen molar-refractivity contribution in [1.29, 1.82) is 0 Å². The second kappa shape index (κ2) is 10.9. The molecule has 0 radical (unpaired) electrons. The first-order chi connectivity index (χ1) is 15.5. The van der Waals surface area contributed by atoms with Crippen LogP contribution in [0.15, 0.2) is 52.5 Å². The minimum atomic E-state index is -0.240. The van der Waals surface area contributed by atoms with Crippen LogP contribution in [0.2, 0.25) is 0 Å². The van der Waals surface area contributed by atoms with Gasteiger partial charge in [0, 0.05) is 46.4 Å². The summed E-state index contributed by atoms with van der Waals surface area (Å²) in [6, 6.07) is 13.1. The molecular weight excluding hydrogens is 424 g/mol. The number of pyridine rings is 1. The second-order valence-corrected chi connectivity index (χ2v) is 8.13. The summed E-state index contributed by atoms with van der Waals surface area (Å²) >= 11 is 1.41. The van der Waals surface area contributed by atoms with E-state index in [1.54, 1.807) is 19.2 Å². The lowest BCUT2D eigenvalue weighted by Gasteiger charge is -2.21. The van der Waals surface area contributed by atoms with Gasteiger partial charge >= 0.3 is 0 Å². The van der Waals surface area contributed by atoms with E-state index in [0.717, 1.165) is 40.3 Å². The zero-order valence-corrected chi connectivity index (χ0v) is 19.6.